The molecule has 10 heteroatoms. The summed E-state index contributed by atoms with van der Waals surface area (Å²) in [4.78, 5) is 39.5. The predicted molar refractivity (Wildman–Crippen MR) is 101 cm³/mol. The maximum Gasteiger partial charge on any atom is 0.410 e. The fraction of sp³-hybridized carbons (Fsp3) is 0.500. The highest BCUT2D eigenvalue weighted by atomic mass is 19.1. The number of amides is 5. The molecule has 0 atom stereocenters. The number of rotatable bonds is 1. The molecule has 0 bridgehead atoms. The van der Waals surface area contributed by atoms with Crippen molar-refractivity contribution in [2.24, 2.45) is 0 Å². The monoisotopic (exact) mass is 395 g/mol. The van der Waals surface area contributed by atoms with Crippen LogP contribution in [0.25, 0.3) is 0 Å². The molecule has 28 heavy (non-hydrogen) atoms. The Hall–Kier alpha value is -3.04. The average Bonchev–Trinajstić information content (AvgIpc) is 2.61. The fourth-order valence-corrected chi connectivity index (χ4v) is 2.53. The third kappa shape index (κ3) is 6.00. The summed E-state index contributed by atoms with van der Waals surface area (Å²) >= 11 is 0. The molecule has 1 saturated heterocycles. The fourth-order valence-electron chi connectivity index (χ4n) is 2.53. The Kier molecular flexibility index (Phi) is 6.66. The summed E-state index contributed by atoms with van der Waals surface area (Å²) in [7, 11) is 1.39. The lowest BCUT2D eigenvalue weighted by atomic mass is 10.2. The summed E-state index contributed by atoms with van der Waals surface area (Å²) in [6.07, 6.45) is -0.421. The molecule has 0 spiro atoms. The lowest BCUT2D eigenvalue weighted by Crippen LogP contribution is -2.57. The molecule has 0 unspecified atom stereocenters. The van der Waals surface area contributed by atoms with E-state index in [0.717, 1.165) is 5.01 Å². The quantitative estimate of drug-likeness (QED) is 0.715. The van der Waals surface area contributed by atoms with Gasteiger partial charge in [0, 0.05) is 33.2 Å². The van der Waals surface area contributed by atoms with Crippen molar-refractivity contribution in [3.05, 3.63) is 30.1 Å². The number of hydrazine groups is 1. The van der Waals surface area contributed by atoms with Crippen LogP contribution >= 0.6 is 0 Å². The standard InChI is InChI=1S/C18H26FN5O4/c1-18(2,3)28-17(27)24-11-9-23(10-12-24)16(26)22(4)21-15(25)20-14-8-6-5-7-13(14)19/h5-8H,9-12H2,1-4H3,(H2,20,21,25). The number of carbonyl (C=O) groups is 3. The van der Waals surface area contributed by atoms with E-state index in [1.807, 2.05) is 0 Å². The molecule has 1 aliphatic rings. The van der Waals surface area contributed by atoms with Crippen LogP contribution in [0.4, 0.5) is 24.5 Å². The Balaban J connectivity index is 1.81. The highest BCUT2D eigenvalue weighted by Gasteiger charge is 2.29. The van der Waals surface area contributed by atoms with Crippen LogP contribution in [0.3, 0.4) is 0 Å². The van der Waals surface area contributed by atoms with E-state index >= 15 is 0 Å². The molecule has 0 aromatic heterocycles. The number of hydrogen-bond donors (Lipinski definition) is 2. The maximum atomic E-state index is 13.6. The molecule has 1 fully saturated rings. The molecule has 1 heterocycles. The highest BCUT2D eigenvalue weighted by molar-refractivity contribution is 5.90. The zero-order chi connectivity index (χ0) is 20.9. The Bertz CT molecular complexity index is 729. The molecule has 1 aliphatic heterocycles. The lowest BCUT2D eigenvalue weighted by molar-refractivity contribution is 0.0157. The summed E-state index contributed by atoms with van der Waals surface area (Å²) in [5.41, 5.74) is 1.76. The van der Waals surface area contributed by atoms with Crippen molar-refractivity contribution in [2.45, 2.75) is 26.4 Å². The summed E-state index contributed by atoms with van der Waals surface area (Å²) in [5.74, 6) is -0.579. The summed E-state index contributed by atoms with van der Waals surface area (Å²) < 4.78 is 18.9. The number of ether oxygens (including phenoxy) is 1. The number of para-hydroxylation sites is 1. The second kappa shape index (κ2) is 8.77. The van der Waals surface area contributed by atoms with Gasteiger partial charge in [-0.3, -0.25) is 0 Å². The zero-order valence-electron chi connectivity index (χ0n) is 16.5. The molecule has 0 radical (unpaired) electrons. The van der Waals surface area contributed by atoms with Gasteiger partial charge in [-0.15, -0.1) is 0 Å². The van der Waals surface area contributed by atoms with Gasteiger partial charge in [-0.25, -0.2) is 29.2 Å². The number of anilines is 1. The van der Waals surface area contributed by atoms with Crippen LogP contribution < -0.4 is 10.7 Å². The van der Waals surface area contributed by atoms with Crippen LogP contribution in [0, 0.1) is 5.82 Å². The number of hydrogen-bond acceptors (Lipinski definition) is 4. The molecular weight excluding hydrogens is 369 g/mol. The van der Waals surface area contributed by atoms with Crippen molar-refractivity contribution in [3.63, 3.8) is 0 Å². The van der Waals surface area contributed by atoms with Crippen LogP contribution in [0.15, 0.2) is 24.3 Å². The molecule has 5 amide bonds. The van der Waals surface area contributed by atoms with Crippen LogP contribution in [0.5, 0.6) is 0 Å². The largest absolute Gasteiger partial charge is 0.444 e. The molecule has 0 saturated carbocycles. The normalized spacial score (nSPS) is 14.3. The van der Waals surface area contributed by atoms with E-state index in [4.69, 9.17) is 4.74 Å². The van der Waals surface area contributed by atoms with E-state index in [-0.39, 0.29) is 5.69 Å². The van der Waals surface area contributed by atoms with E-state index in [1.54, 1.807) is 26.8 Å². The van der Waals surface area contributed by atoms with Gasteiger partial charge in [0.25, 0.3) is 0 Å². The second-order valence-electron chi connectivity index (χ2n) is 7.34. The Morgan fingerprint density at radius 1 is 1.07 bits per heavy atom. The first-order valence-corrected chi connectivity index (χ1v) is 8.89. The topological polar surface area (TPSA) is 94.2 Å². The van der Waals surface area contributed by atoms with Gasteiger partial charge in [0.1, 0.15) is 11.4 Å². The number of carbonyl (C=O) groups excluding carboxylic acids is 3. The first kappa shape index (κ1) is 21.3. The van der Waals surface area contributed by atoms with Crippen molar-refractivity contribution < 1.29 is 23.5 Å². The predicted octanol–water partition coefficient (Wildman–Crippen LogP) is 2.47. The minimum Gasteiger partial charge on any atom is -0.444 e. The van der Waals surface area contributed by atoms with Gasteiger partial charge < -0.3 is 19.9 Å². The minimum absolute atomic E-state index is 0.00632. The molecular formula is C18H26FN5O4. The number of halogens is 1. The molecule has 2 rings (SSSR count). The number of benzene rings is 1. The van der Waals surface area contributed by atoms with Gasteiger partial charge >= 0.3 is 18.2 Å². The van der Waals surface area contributed by atoms with Crippen LogP contribution in [0.2, 0.25) is 0 Å². The molecule has 0 aliphatic carbocycles. The van der Waals surface area contributed by atoms with Crippen molar-refractivity contribution in [2.75, 3.05) is 38.5 Å². The number of urea groups is 2. The third-order valence-electron chi connectivity index (χ3n) is 3.88. The Morgan fingerprint density at radius 2 is 1.64 bits per heavy atom. The minimum atomic E-state index is -0.742. The molecule has 9 nitrogen and oxygen atoms in total. The maximum absolute atomic E-state index is 13.6. The number of nitrogens with one attached hydrogen (secondary N) is 2. The van der Waals surface area contributed by atoms with Gasteiger partial charge in [-0.2, -0.15) is 0 Å². The molecule has 2 N–H and O–H groups in total. The third-order valence-corrected chi connectivity index (χ3v) is 3.88. The van der Waals surface area contributed by atoms with Gasteiger partial charge in [0.05, 0.1) is 5.69 Å². The summed E-state index contributed by atoms with van der Waals surface area (Å²) in [5, 5.41) is 3.35. The van der Waals surface area contributed by atoms with Crippen molar-refractivity contribution >= 4 is 23.8 Å². The molecule has 1 aromatic carbocycles. The van der Waals surface area contributed by atoms with Crippen molar-refractivity contribution in [1.29, 1.82) is 0 Å². The van der Waals surface area contributed by atoms with E-state index in [9.17, 15) is 18.8 Å². The first-order valence-electron chi connectivity index (χ1n) is 8.89. The Labute approximate surface area is 163 Å². The average molecular weight is 395 g/mol. The summed E-state index contributed by atoms with van der Waals surface area (Å²) in [6, 6.07) is 4.53. The van der Waals surface area contributed by atoms with Gasteiger partial charge in [-0.05, 0) is 32.9 Å². The first-order chi connectivity index (χ1) is 13.1. The zero-order valence-corrected chi connectivity index (χ0v) is 16.5. The highest BCUT2D eigenvalue weighted by Crippen LogP contribution is 2.13. The SMILES string of the molecule is CN(NC(=O)Nc1ccccc1F)C(=O)N1CCN(C(=O)OC(C)(C)C)CC1. The Morgan fingerprint density at radius 3 is 2.21 bits per heavy atom. The van der Waals surface area contributed by atoms with E-state index < -0.39 is 29.6 Å². The van der Waals surface area contributed by atoms with Crippen molar-refractivity contribution in [1.82, 2.24) is 20.2 Å². The van der Waals surface area contributed by atoms with E-state index in [1.165, 1.54) is 35.0 Å². The molecule has 154 valence electrons. The van der Waals surface area contributed by atoms with Gasteiger partial charge in [-0.1, -0.05) is 12.1 Å². The summed E-state index contributed by atoms with van der Waals surface area (Å²) in [6.45, 7) is 6.64. The number of nitrogens with zero attached hydrogens (tertiary/aromatic N) is 3. The van der Waals surface area contributed by atoms with Crippen LogP contribution in [-0.4, -0.2) is 71.8 Å². The smallest absolute Gasteiger partial charge is 0.410 e. The van der Waals surface area contributed by atoms with Crippen LogP contribution in [0.1, 0.15) is 20.8 Å². The molecule has 1 aromatic rings. The second-order valence-corrected chi connectivity index (χ2v) is 7.34. The van der Waals surface area contributed by atoms with Crippen LogP contribution in [-0.2, 0) is 4.74 Å². The lowest BCUT2D eigenvalue weighted by Gasteiger charge is -2.37. The van der Waals surface area contributed by atoms with Crippen molar-refractivity contribution in [3.8, 4) is 0 Å². The van der Waals surface area contributed by atoms with E-state index in [0.29, 0.717) is 26.2 Å². The van der Waals surface area contributed by atoms with E-state index in [2.05, 4.69) is 10.7 Å². The van der Waals surface area contributed by atoms with Gasteiger partial charge in [0.2, 0.25) is 0 Å². The van der Waals surface area contributed by atoms with Gasteiger partial charge in [0.15, 0.2) is 0 Å². The number of piperazine rings is 1.